The summed E-state index contributed by atoms with van der Waals surface area (Å²) >= 11 is 0. The first-order valence-corrected chi connectivity index (χ1v) is 19.0. The molecule has 1 heteroatoms. The molecule has 12 rings (SSSR count). The van der Waals surface area contributed by atoms with Gasteiger partial charge in [-0.25, -0.2) is 0 Å². The van der Waals surface area contributed by atoms with Crippen LogP contribution in [0, 0.1) is 23.7 Å². The Kier molecular flexibility index (Phi) is 6.50. The van der Waals surface area contributed by atoms with Crippen LogP contribution in [0.25, 0.3) is 44.2 Å². The third kappa shape index (κ3) is 4.27. The average molecular weight is 656 g/mol. The second kappa shape index (κ2) is 11.3. The van der Waals surface area contributed by atoms with E-state index in [0.717, 1.165) is 23.7 Å². The molecule has 1 spiro atoms. The summed E-state index contributed by atoms with van der Waals surface area (Å²) in [5.41, 5.74) is 14.8. The SMILES string of the molecule is c1ccc(-c2ccc(N(c3cccc4c3-c3ccccc3C43C4CC5CC(C4)CC3C5)c3cccc4ccccc34)c(-c3ccccc3)c2)cc1. The van der Waals surface area contributed by atoms with Crippen LogP contribution in [0.15, 0.2) is 164 Å². The van der Waals surface area contributed by atoms with Crippen LogP contribution in [0.4, 0.5) is 17.1 Å². The van der Waals surface area contributed by atoms with Crippen molar-refractivity contribution in [3.63, 3.8) is 0 Å². The molecule has 0 radical (unpaired) electrons. The van der Waals surface area contributed by atoms with Crippen molar-refractivity contribution < 1.29 is 0 Å². The first kappa shape index (κ1) is 29.3. The Morgan fingerprint density at radius 2 is 1.02 bits per heavy atom. The van der Waals surface area contributed by atoms with E-state index in [1.54, 1.807) is 11.1 Å². The van der Waals surface area contributed by atoms with Crippen LogP contribution in [0.3, 0.4) is 0 Å². The molecule has 5 aliphatic carbocycles. The van der Waals surface area contributed by atoms with Gasteiger partial charge in [-0.15, -0.1) is 0 Å². The molecule has 1 nitrogen and oxygen atoms in total. The van der Waals surface area contributed by atoms with Crippen LogP contribution >= 0.6 is 0 Å². The van der Waals surface area contributed by atoms with E-state index in [1.165, 1.54) is 93.3 Å². The second-order valence-corrected chi connectivity index (χ2v) is 15.7. The minimum absolute atomic E-state index is 0.110. The predicted molar refractivity (Wildman–Crippen MR) is 213 cm³/mol. The monoisotopic (exact) mass is 655 g/mol. The third-order valence-corrected chi connectivity index (χ3v) is 13.2. The minimum atomic E-state index is 0.110. The fraction of sp³-hybridized carbons (Fsp3) is 0.200. The normalized spacial score (nSPS) is 23.8. The van der Waals surface area contributed by atoms with Gasteiger partial charge in [-0.05, 0) is 119 Å². The van der Waals surface area contributed by atoms with E-state index in [2.05, 4.69) is 169 Å². The molecule has 4 saturated carbocycles. The maximum atomic E-state index is 2.62. The molecule has 0 saturated heterocycles. The standard InChI is InChI=1S/C50H41N/c1-3-13-35(14-4-1)38-25-26-47(43(32-38)37-15-5-2-6-16-37)51(46-23-11-18-36-17-7-8-19-41(36)46)48-24-12-22-45-49(48)42-20-9-10-21-44(42)50(45)39-28-33-27-34(30-39)31-40(50)29-33/h1-26,32-34,39-40H,27-31H2. The average Bonchev–Trinajstić information content (AvgIpc) is 3.49. The van der Waals surface area contributed by atoms with Gasteiger partial charge in [0.15, 0.2) is 0 Å². The maximum Gasteiger partial charge on any atom is 0.0543 e. The zero-order valence-electron chi connectivity index (χ0n) is 28.9. The fourth-order valence-corrected chi connectivity index (χ4v) is 11.6. The highest BCUT2D eigenvalue weighted by Gasteiger charge is 2.61. The van der Waals surface area contributed by atoms with Gasteiger partial charge < -0.3 is 4.90 Å². The zero-order valence-corrected chi connectivity index (χ0v) is 28.9. The molecule has 51 heavy (non-hydrogen) atoms. The molecule has 0 amide bonds. The van der Waals surface area contributed by atoms with E-state index < -0.39 is 0 Å². The van der Waals surface area contributed by atoms with Crippen molar-refractivity contribution in [3.8, 4) is 33.4 Å². The molecule has 7 aromatic carbocycles. The first-order chi connectivity index (χ1) is 25.3. The van der Waals surface area contributed by atoms with Crippen LogP contribution < -0.4 is 4.90 Å². The van der Waals surface area contributed by atoms with Crippen LogP contribution in [0.2, 0.25) is 0 Å². The molecule has 4 fully saturated rings. The van der Waals surface area contributed by atoms with Gasteiger partial charge in [-0.2, -0.15) is 0 Å². The number of nitrogens with zero attached hydrogens (tertiary/aromatic N) is 1. The van der Waals surface area contributed by atoms with E-state index in [9.17, 15) is 0 Å². The second-order valence-electron chi connectivity index (χ2n) is 15.7. The Morgan fingerprint density at radius 3 is 1.80 bits per heavy atom. The zero-order chi connectivity index (χ0) is 33.5. The molecular formula is C50H41N. The smallest absolute Gasteiger partial charge is 0.0543 e. The Labute approximate surface area is 301 Å². The Morgan fingerprint density at radius 1 is 0.412 bits per heavy atom. The molecule has 0 heterocycles. The van der Waals surface area contributed by atoms with Crippen LogP contribution in [-0.2, 0) is 5.41 Å². The topological polar surface area (TPSA) is 3.24 Å². The quantitative estimate of drug-likeness (QED) is 0.178. The van der Waals surface area contributed by atoms with Crippen LogP contribution in [0.5, 0.6) is 0 Å². The highest BCUT2D eigenvalue weighted by molar-refractivity contribution is 6.05. The van der Waals surface area contributed by atoms with Gasteiger partial charge in [0.05, 0.1) is 17.1 Å². The summed E-state index contributed by atoms with van der Waals surface area (Å²) in [6, 6.07) is 61.5. The van der Waals surface area contributed by atoms with Gasteiger partial charge in [-0.3, -0.25) is 0 Å². The number of hydrogen-bond donors (Lipinski definition) is 0. The Hall–Kier alpha value is -5.40. The first-order valence-electron chi connectivity index (χ1n) is 19.0. The van der Waals surface area contributed by atoms with Crippen molar-refractivity contribution >= 4 is 27.8 Å². The molecule has 0 aliphatic heterocycles. The summed E-state index contributed by atoms with van der Waals surface area (Å²) in [5.74, 6) is 3.28. The number of fused-ring (bicyclic) bond motifs is 4. The van der Waals surface area contributed by atoms with Gasteiger partial charge >= 0.3 is 0 Å². The molecule has 0 N–H and O–H groups in total. The lowest BCUT2D eigenvalue weighted by atomic mass is 9.43. The van der Waals surface area contributed by atoms with Gasteiger partial charge in [0.1, 0.15) is 0 Å². The molecule has 246 valence electrons. The summed E-state index contributed by atoms with van der Waals surface area (Å²) in [4.78, 5) is 2.62. The van der Waals surface area contributed by atoms with E-state index in [-0.39, 0.29) is 5.41 Å². The van der Waals surface area contributed by atoms with E-state index in [0.29, 0.717) is 0 Å². The van der Waals surface area contributed by atoms with E-state index in [4.69, 9.17) is 0 Å². The highest BCUT2D eigenvalue weighted by Crippen LogP contribution is 2.70. The van der Waals surface area contributed by atoms with E-state index >= 15 is 0 Å². The van der Waals surface area contributed by atoms with E-state index in [1.807, 2.05) is 0 Å². The fourth-order valence-electron chi connectivity index (χ4n) is 11.6. The minimum Gasteiger partial charge on any atom is -0.309 e. The molecular weight excluding hydrogens is 615 g/mol. The number of rotatable bonds is 5. The maximum absolute atomic E-state index is 2.62. The Balaban J connectivity index is 1.22. The van der Waals surface area contributed by atoms with Crippen molar-refractivity contribution in [1.29, 1.82) is 0 Å². The molecule has 5 aliphatic rings. The summed E-state index contributed by atoms with van der Waals surface area (Å²) in [5, 5.41) is 2.52. The van der Waals surface area contributed by atoms with Crippen LogP contribution in [0.1, 0.15) is 43.2 Å². The van der Waals surface area contributed by atoms with Gasteiger partial charge in [0.25, 0.3) is 0 Å². The molecule has 7 aromatic rings. The van der Waals surface area contributed by atoms with Gasteiger partial charge in [0.2, 0.25) is 0 Å². The number of hydrogen-bond acceptors (Lipinski definition) is 1. The Bertz CT molecular complexity index is 2410. The third-order valence-electron chi connectivity index (χ3n) is 13.2. The van der Waals surface area contributed by atoms with Crippen LogP contribution in [-0.4, -0.2) is 0 Å². The number of benzene rings is 7. The summed E-state index contributed by atoms with van der Waals surface area (Å²) in [6.45, 7) is 0. The molecule has 0 unspecified atom stereocenters. The molecule has 0 atom stereocenters. The van der Waals surface area contributed by atoms with Crippen molar-refractivity contribution in [1.82, 2.24) is 0 Å². The van der Waals surface area contributed by atoms with Crippen molar-refractivity contribution in [3.05, 3.63) is 175 Å². The van der Waals surface area contributed by atoms with Gasteiger partial charge in [0, 0.05) is 21.9 Å². The van der Waals surface area contributed by atoms with Crippen molar-refractivity contribution in [2.24, 2.45) is 23.7 Å². The predicted octanol–water partition coefficient (Wildman–Crippen LogP) is 13.4. The lowest BCUT2D eigenvalue weighted by Gasteiger charge is -2.61. The van der Waals surface area contributed by atoms with Gasteiger partial charge in [-0.1, -0.05) is 140 Å². The number of anilines is 3. The summed E-state index contributed by atoms with van der Waals surface area (Å²) < 4.78 is 0. The summed E-state index contributed by atoms with van der Waals surface area (Å²) in [6.07, 6.45) is 7.01. The molecule has 0 aromatic heterocycles. The lowest BCUT2D eigenvalue weighted by Crippen LogP contribution is -2.55. The lowest BCUT2D eigenvalue weighted by molar-refractivity contribution is -0.0399. The molecule has 4 bridgehead atoms. The largest absolute Gasteiger partial charge is 0.309 e. The van der Waals surface area contributed by atoms with Crippen molar-refractivity contribution in [2.45, 2.75) is 37.5 Å². The highest BCUT2D eigenvalue weighted by atomic mass is 15.1. The van der Waals surface area contributed by atoms with Crippen molar-refractivity contribution in [2.75, 3.05) is 4.90 Å². The summed E-state index contributed by atoms with van der Waals surface area (Å²) in [7, 11) is 0.